The van der Waals surface area contributed by atoms with Gasteiger partial charge >= 0.3 is 0 Å². The average Bonchev–Trinajstić information content (AvgIpc) is 2.87. The zero-order valence-electron chi connectivity index (χ0n) is 20.6. The van der Waals surface area contributed by atoms with E-state index >= 15 is 0 Å². The maximum atomic E-state index is 12.4. The number of phenols is 1. The standard InChI is InChI=1S/C32H33NO2/c1-31(2,3)28-21-13-16-25(30(28)34)23-33-29(22-24-14-7-4-8-15-24)32(35,26-17-9-5-10-18-26)27-19-11-6-12-20-27/h4-21,23,29,34-35H,22H2,1-3H3/t29-/m0/s1. The Morgan fingerprint density at radius 1 is 0.714 bits per heavy atom. The van der Waals surface area contributed by atoms with Gasteiger partial charge in [0.1, 0.15) is 11.4 Å². The third kappa shape index (κ3) is 5.36. The molecule has 0 spiro atoms. The van der Waals surface area contributed by atoms with Crippen molar-refractivity contribution in [1.29, 1.82) is 0 Å². The van der Waals surface area contributed by atoms with Gasteiger partial charge in [-0.2, -0.15) is 0 Å². The van der Waals surface area contributed by atoms with Crippen molar-refractivity contribution in [2.45, 2.75) is 44.2 Å². The van der Waals surface area contributed by atoms with Crippen LogP contribution < -0.4 is 0 Å². The maximum Gasteiger partial charge on any atom is 0.137 e. The molecule has 1 atom stereocenters. The molecule has 4 aromatic rings. The van der Waals surface area contributed by atoms with Gasteiger partial charge in [-0.3, -0.25) is 4.99 Å². The van der Waals surface area contributed by atoms with Gasteiger partial charge < -0.3 is 10.2 Å². The molecule has 0 aliphatic heterocycles. The minimum Gasteiger partial charge on any atom is -0.507 e. The summed E-state index contributed by atoms with van der Waals surface area (Å²) in [4.78, 5) is 4.96. The van der Waals surface area contributed by atoms with Crippen LogP contribution in [0.25, 0.3) is 0 Å². The third-order valence-corrected chi connectivity index (χ3v) is 6.45. The van der Waals surface area contributed by atoms with E-state index in [2.05, 4.69) is 32.9 Å². The number of phenolic OH excluding ortho intramolecular Hbond substituents is 1. The molecule has 0 bridgehead atoms. The molecule has 4 rings (SSSR count). The second-order valence-corrected chi connectivity index (χ2v) is 9.98. The lowest BCUT2D eigenvalue weighted by Gasteiger charge is -2.35. The first-order valence-corrected chi connectivity index (χ1v) is 12.0. The lowest BCUT2D eigenvalue weighted by atomic mass is 9.78. The molecule has 0 saturated carbocycles. The summed E-state index contributed by atoms with van der Waals surface area (Å²) in [5.74, 6) is 0.227. The third-order valence-electron chi connectivity index (χ3n) is 6.45. The highest BCUT2D eigenvalue weighted by atomic mass is 16.3. The highest BCUT2D eigenvalue weighted by Gasteiger charge is 2.40. The van der Waals surface area contributed by atoms with E-state index in [1.807, 2.05) is 97.1 Å². The number of rotatable bonds is 7. The van der Waals surface area contributed by atoms with Gasteiger partial charge in [0.25, 0.3) is 0 Å². The number of benzene rings is 4. The molecule has 178 valence electrons. The maximum absolute atomic E-state index is 12.4. The Labute approximate surface area is 208 Å². The van der Waals surface area contributed by atoms with E-state index < -0.39 is 11.6 Å². The van der Waals surface area contributed by atoms with E-state index in [0.717, 1.165) is 22.3 Å². The highest BCUT2D eigenvalue weighted by Crippen LogP contribution is 2.37. The molecule has 0 fully saturated rings. The molecule has 4 aromatic carbocycles. The van der Waals surface area contributed by atoms with Crippen molar-refractivity contribution in [1.82, 2.24) is 0 Å². The van der Waals surface area contributed by atoms with Crippen LogP contribution in [-0.2, 0) is 17.4 Å². The molecule has 35 heavy (non-hydrogen) atoms. The molecular weight excluding hydrogens is 430 g/mol. The van der Waals surface area contributed by atoms with E-state index in [4.69, 9.17) is 4.99 Å². The summed E-state index contributed by atoms with van der Waals surface area (Å²) in [6.07, 6.45) is 2.23. The number of aromatic hydroxyl groups is 1. The van der Waals surface area contributed by atoms with E-state index in [1.54, 1.807) is 6.21 Å². The van der Waals surface area contributed by atoms with Crippen LogP contribution in [0, 0.1) is 0 Å². The molecule has 3 nitrogen and oxygen atoms in total. The average molecular weight is 464 g/mol. The predicted octanol–water partition coefficient (Wildman–Crippen LogP) is 6.66. The second-order valence-electron chi connectivity index (χ2n) is 9.98. The first kappa shape index (κ1) is 24.4. The number of nitrogens with zero attached hydrogens (tertiary/aromatic N) is 1. The van der Waals surface area contributed by atoms with Crippen LogP contribution in [0.15, 0.2) is 114 Å². The summed E-state index contributed by atoms with van der Waals surface area (Å²) < 4.78 is 0. The van der Waals surface area contributed by atoms with E-state index in [0.29, 0.717) is 12.0 Å². The van der Waals surface area contributed by atoms with Gasteiger partial charge in [0.05, 0.1) is 6.04 Å². The summed E-state index contributed by atoms with van der Waals surface area (Å²) in [5, 5.41) is 23.4. The molecule has 0 aromatic heterocycles. The summed E-state index contributed by atoms with van der Waals surface area (Å²) in [6.45, 7) is 6.22. The normalized spacial score (nSPS) is 13.1. The van der Waals surface area contributed by atoms with Gasteiger partial charge in [-0.05, 0) is 40.2 Å². The van der Waals surface area contributed by atoms with Crippen molar-refractivity contribution in [2.75, 3.05) is 0 Å². The number of aliphatic imine (C=N–C) groups is 1. The van der Waals surface area contributed by atoms with Crippen molar-refractivity contribution >= 4 is 6.21 Å². The van der Waals surface area contributed by atoms with Crippen LogP contribution in [0.5, 0.6) is 5.75 Å². The zero-order valence-corrected chi connectivity index (χ0v) is 20.6. The summed E-state index contributed by atoms with van der Waals surface area (Å²) in [6, 6.07) is 34.7. The molecule has 0 saturated heterocycles. The largest absolute Gasteiger partial charge is 0.507 e. The Morgan fingerprint density at radius 2 is 1.23 bits per heavy atom. The monoisotopic (exact) mass is 463 g/mol. The molecule has 2 N–H and O–H groups in total. The summed E-state index contributed by atoms with van der Waals surface area (Å²) >= 11 is 0. The molecule has 0 unspecified atom stereocenters. The van der Waals surface area contributed by atoms with Crippen LogP contribution in [0.3, 0.4) is 0 Å². The molecule has 0 aliphatic rings. The van der Waals surface area contributed by atoms with Crippen molar-refractivity contribution in [3.8, 4) is 5.75 Å². The Hall–Kier alpha value is -3.69. The topological polar surface area (TPSA) is 52.8 Å². The van der Waals surface area contributed by atoms with Gasteiger partial charge in [-0.25, -0.2) is 0 Å². The molecule has 3 heteroatoms. The van der Waals surface area contributed by atoms with Crippen LogP contribution in [0.2, 0.25) is 0 Å². The zero-order chi connectivity index (χ0) is 24.9. The summed E-state index contributed by atoms with van der Waals surface area (Å²) in [5.41, 5.74) is 2.56. The van der Waals surface area contributed by atoms with Crippen LogP contribution in [-0.4, -0.2) is 22.5 Å². The highest BCUT2D eigenvalue weighted by molar-refractivity contribution is 5.84. The van der Waals surface area contributed by atoms with Crippen molar-refractivity contribution in [3.05, 3.63) is 137 Å². The van der Waals surface area contributed by atoms with Gasteiger partial charge in [-0.15, -0.1) is 0 Å². The van der Waals surface area contributed by atoms with Gasteiger partial charge in [0.15, 0.2) is 0 Å². The minimum atomic E-state index is -1.37. The fraction of sp³-hybridized carbons (Fsp3) is 0.219. The SMILES string of the molecule is CC(C)(C)c1cccc(C=N[C@@H](Cc2ccccc2)C(O)(c2ccccc2)c2ccccc2)c1O. The smallest absolute Gasteiger partial charge is 0.137 e. The Morgan fingerprint density at radius 3 is 1.74 bits per heavy atom. The lowest BCUT2D eigenvalue weighted by molar-refractivity contribution is 0.0528. The first-order valence-electron chi connectivity index (χ1n) is 12.0. The molecule has 0 radical (unpaired) electrons. The summed E-state index contributed by atoms with van der Waals surface area (Å²) in [7, 11) is 0. The fourth-order valence-corrected chi connectivity index (χ4v) is 4.52. The second kappa shape index (κ2) is 10.3. The van der Waals surface area contributed by atoms with Gasteiger partial charge in [-0.1, -0.05) is 124 Å². The fourth-order valence-electron chi connectivity index (χ4n) is 4.52. The first-order chi connectivity index (χ1) is 16.8. The number of hydrogen-bond acceptors (Lipinski definition) is 3. The predicted molar refractivity (Wildman–Crippen MR) is 144 cm³/mol. The Kier molecular flexibility index (Phi) is 7.18. The van der Waals surface area contributed by atoms with E-state index in [1.165, 1.54) is 0 Å². The van der Waals surface area contributed by atoms with Gasteiger partial charge in [0, 0.05) is 11.8 Å². The van der Waals surface area contributed by atoms with E-state index in [9.17, 15) is 10.2 Å². The van der Waals surface area contributed by atoms with Crippen LogP contribution in [0.4, 0.5) is 0 Å². The number of aliphatic hydroxyl groups is 1. The van der Waals surface area contributed by atoms with Crippen molar-refractivity contribution in [3.63, 3.8) is 0 Å². The van der Waals surface area contributed by atoms with Crippen LogP contribution in [0.1, 0.15) is 48.6 Å². The lowest BCUT2D eigenvalue weighted by Crippen LogP contribution is -2.41. The Bertz CT molecular complexity index is 1220. The molecule has 0 heterocycles. The number of hydrogen-bond donors (Lipinski definition) is 2. The van der Waals surface area contributed by atoms with Crippen molar-refractivity contribution in [2.24, 2.45) is 4.99 Å². The minimum absolute atomic E-state index is 0.202. The molecule has 0 aliphatic carbocycles. The van der Waals surface area contributed by atoms with Gasteiger partial charge in [0.2, 0.25) is 0 Å². The Balaban J connectivity index is 1.85. The van der Waals surface area contributed by atoms with E-state index in [-0.39, 0.29) is 11.2 Å². The quantitative estimate of drug-likeness (QED) is 0.301. The van der Waals surface area contributed by atoms with Crippen molar-refractivity contribution < 1.29 is 10.2 Å². The van der Waals surface area contributed by atoms with Crippen LogP contribution >= 0.6 is 0 Å². The molecular formula is C32H33NO2. The molecule has 0 amide bonds. The number of para-hydroxylation sites is 1.